The van der Waals surface area contributed by atoms with Crippen molar-refractivity contribution in [3.63, 3.8) is 0 Å². The van der Waals surface area contributed by atoms with Gasteiger partial charge < -0.3 is 62.4 Å². The van der Waals surface area contributed by atoms with Gasteiger partial charge in [-0.05, 0) is 18.9 Å². The molecule has 1 spiro atoms. The topological polar surface area (TPSA) is 259 Å². The molecule has 0 amide bonds. The number of furan rings is 1. The number of aliphatic hydroxyl groups is 3. The second-order valence-corrected chi connectivity index (χ2v) is 18.1. The Balaban J connectivity index is 1.47. The van der Waals surface area contributed by atoms with Gasteiger partial charge in [0.1, 0.15) is 35.6 Å². The number of rotatable bonds is 8. The highest BCUT2D eigenvalue weighted by molar-refractivity contribution is 5.85. The molecular weight excluding hydrogens is 772 g/mol. The van der Waals surface area contributed by atoms with Crippen molar-refractivity contribution in [2.24, 2.45) is 33.5 Å². The first-order chi connectivity index (χ1) is 26.9. The molecule has 58 heavy (non-hydrogen) atoms. The Labute approximate surface area is 330 Å². The number of esters is 6. The molecule has 0 radical (unpaired) electrons. The van der Waals surface area contributed by atoms with E-state index in [1.807, 2.05) is 0 Å². The molecule has 19 heteroatoms. The van der Waals surface area contributed by atoms with Gasteiger partial charge in [0.15, 0.2) is 23.4 Å². The van der Waals surface area contributed by atoms with Crippen LogP contribution in [0.2, 0.25) is 0 Å². The minimum Gasteiger partial charge on any atom is -0.472 e. The van der Waals surface area contributed by atoms with Crippen LogP contribution in [0, 0.1) is 33.5 Å². The molecule has 4 heterocycles. The zero-order chi connectivity index (χ0) is 42.3. The van der Waals surface area contributed by atoms with Crippen LogP contribution in [0.25, 0.3) is 0 Å². The van der Waals surface area contributed by atoms with Gasteiger partial charge in [-0.3, -0.25) is 19.2 Å². The van der Waals surface area contributed by atoms with Crippen LogP contribution in [0.4, 0.5) is 0 Å². The third kappa shape index (κ3) is 3.72. The highest BCUT2D eigenvalue weighted by Gasteiger charge is 3.11. The summed E-state index contributed by atoms with van der Waals surface area (Å²) in [5.74, 6) is -10.8. The molecule has 1 aromatic rings. The summed E-state index contributed by atoms with van der Waals surface area (Å²) in [5, 5.41) is 39.8. The minimum absolute atomic E-state index is 0.264. The molecule has 5 saturated carbocycles. The van der Waals surface area contributed by atoms with Gasteiger partial charge in [-0.2, -0.15) is 0 Å². The average molecular weight is 819 g/mol. The smallest absolute Gasteiger partial charge is 0.348 e. The maximum Gasteiger partial charge on any atom is 0.348 e. The Morgan fingerprint density at radius 1 is 0.862 bits per heavy atom. The zero-order valence-corrected chi connectivity index (χ0v) is 33.2. The summed E-state index contributed by atoms with van der Waals surface area (Å²) in [7, 11) is 1.03. The Morgan fingerprint density at radius 3 is 2.07 bits per heavy atom. The number of cyclic esters (lactones) is 1. The number of methoxy groups -OCH3 is 1. The highest BCUT2D eigenvalue weighted by Crippen LogP contribution is 2.95. The minimum atomic E-state index is -2.93. The quantitative estimate of drug-likeness (QED) is 0.235. The fourth-order valence-electron chi connectivity index (χ4n) is 14.1. The molecular formula is C39H46O19. The number of hydrogen-bond donors (Lipinski definition) is 3. The molecule has 4 bridgehead atoms. The molecule has 3 aliphatic heterocycles. The molecule has 9 rings (SSSR count). The van der Waals surface area contributed by atoms with Gasteiger partial charge in [-0.25, -0.2) is 9.59 Å². The molecule has 3 saturated heterocycles. The summed E-state index contributed by atoms with van der Waals surface area (Å²) in [6, 6.07) is 1.50. The van der Waals surface area contributed by atoms with Crippen LogP contribution in [0.1, 0.15) is 79.9 Å². The van der Waals surface area contributed by atoms with E-state index < -0.39 is 147 Å². The molecule has 19 nitrogen and oxygen atoms in total. The fourth-order valence-corrected chi connectivity index (χ4v) is 14.1. The normalized spacial score (nSPS) is 51.1. The van der Waals surface area contributed by atoms with E-state index in [0.717, 1.165) is 27.9 Å². The maximum atomic E-state index is 14.7. The van der Waals surface area contributed by atoms with Crippen LogP contribution in [0.15, 0.2) is 23.0 Å². The molecule has 17 unspecified atom stereocenters. The van der Waals surface area contributed by atoms with Gasteiger partial charge in [-0.15, -0.1) is 0 Å². The summed E-state index contributed by atoms with van der Waals surface area (Å²) in [4.78, 5) is 82.1. The van der Waals surface area contributed by atoms with E-state index in [0.29, 0.717) is 0 Å². The number of aliphatic hydroxyl groups excluding tert-OH is 1. The van der Waals surface area contributed by atoms with Crippen molar-refractivity contribution in [1.29, 1.82) is 0 Å². The third-order valence-corrected chi connectivity index (χ3v) is 15.3. The Morgan fingerprint density at radius 2 is 1.50 bits per heavy atom. The highest BCUT2D eigenvalue weighted by atomic mass is 17.0. The number of hydrogen-bond acceptors (Lipinski definition) is 19. The van der Waals surface area contributed by atoms with Crippen LogP contribution in [-0.4, -0.2) is 123 Å². The number of fused-ring (bicyclic) bond motifs is 2. The number of carbonyl (C=O) groups excluding carboxylic acids is 6. The number of ether oxygens (including phenoxy) is 9. The van der Waals surface area contributed by atoms with Gasteiger partial charge in [0.2, 0.25) is 6.10 Å². The van der Waals surface area contributed by atoms with Crippen LogP contribution >= 0.6 is 0 Å². The van der Waals surface area contributed by atoms with Gasteiger partial charge in [-0.1, -0.05) is 27.7 Å². The lowest BCUT2D eigenvalue weighted by atomic mass is 9.33. The molecule has 5 aliphatic carbocycles. The van der Waals surface area contributed by atoms with E-state index in [4.69, 9.17) is 47.0 Å². The Hall–Kier alpha value is -4.14. The Kier molecular flexibility index (Phi) is 7.57. The van der Waals surface area contributed by atoms with E-state index in [1.165, 1.54) is 53.2 Å². The van der Waals surface area contributed by atoms with Crippen molar-refractivity contribution < 1.29 is 91.1 Å². The third-order valence-electron chi connectivity index (χ3n) is 15.3. The predicted molar refractivity (Wildman–Crippen MR) is 182 cm³/mol. The van der Waals surface area contributed by atoms with Crippen molar-refractivity contribution in [3.05, 3.63) is 24.2 Å². The molecule has 316 valence electrons. The van der Waals surface area contributed by atoms with Crippen LogP contribution in [0.3, 0.4) is 0 Å². The summed E-state index contributed by atoms with van der Waals surface area (Å²) in [6.45, 7) is 10.5. The second kappa shape index (κ2) is 11.2. The van der Waals surface area contributed by atoms with Gasteiger partial charge in [0, 0.05) is 50.0 Å². The van der Waals surface area contributed by atoms with E-state index in [2.05, 4.69) is 0 Å². The van der Waals surface area contributed by atoms with Crippen molar-refractivity contribution in [2.75, 3.05) is 7.11 Å². The predicted octanol–water partition coefficient (Wildman–Crippen LogP) is 0.283. The van der Waals surface area contributed by atoms with E-state index in [9.17, 15) is 44.1 Å². The second-order valence-electron chi connectivity index (χ2n) is 18.1. The van der Waals surface area contributed by atoms with Crippen LogP contribution in [0.5, 0.6) is 0 Å². The largest absolute Gasteiger partial charge is 0.472 e. The lowest BCUT2D eigenvalue weighted by Gasteiger charge is -2.76. The van der Waals surface area contributed by atoms with Crippen molar-refractivity contribution in [3.8, 4) is 0 Å². The fraction of sp³-hybridized carbons (Fsp3) is 0.744. The zero-order valence-electron chi connectivity index (χ0n) is 33.2. The molecule has 17 atom stereocenters. The number of carbonyl (C=O) groups is 6. The molecule has 3 N–H and O–H groups in total. The maximum absolute atomic E-state index is 14.7. The molecule has 8 fully saturated rings. The molecule has 0 aromatic carbocycles. The molecule has 1 aromatic heterocycles. The van der Waals surface area contributed by atoms with Gasteiger partial charge in [0.25, 0.3) is 5.97 Å². The van der Waals surface area contributed by atoms with Crippen LogP contribution in [-0.2, 0) is 71.4 Å². The summed E-state index contributed by atoms with van der Waals surface area (Å²) in [5.41, 5.74) is -18.2. The Bertz CT molecular complexity index is 2070. The van der Waals surface area contributed by atoms with Crippen molar-refractivity contribution in [2.45, 2.75) is 139 Å². The van der Waals surface area contributed by atoms with Crippen molar-refractivity contribution >= 4 is 35.8 Å². The summed E-state index contributed by atoms with van der Waals surface area (Å²) < 4.78 is 61.9. The van der Waals surface area contributed by atoms with Gasteiger partial charge in [0.05, 0.1) is 36.4 Å². The summed E-state index contributed by atoms with van der Waals surface area (Å²) in [6.07, 6.45) is -11.0. The lowest BCUT2D eigenvalue weighted by Crippen LogP contribution is -2.97. The SMILES string of the molecule is COC(=O)C(O)C1C2(C)CC3(O)C(O)(C2OC(C)=O)C(OC(=O)C(C)C)C24OC5(C)OC(C(OC(C)=O)C67CC62C(OC(C)=O)C(=O)OC7c2ccoc2)C4(O5)C13C. The van der Waals surface area contributed by atoms with Gasteiger partial charge >= 0.3 is 35.8 Å². The molecule has 8 aliphatic rings. The lowest BCUT2D eigenvalue weighted by molar-refractivity contribution is -0.455. The van der Waals surface area contributed by atoms with Crippen LogP contribution < -0.4 is 0 Å². The first-order valence-electron chi connectivity index (χ1n) is 19.2. The monoisotopic (exact) mass is 818 g/mol. The standard InChI is InChI=1S/C39H46O19/c1-15(2)26(44)55-30-37(48)29(53-18(5)42)31(6)13-36(37,47)32(7,21(31)20(43)27(45)49-9)38-24-23(51-16(3)40)34-14-35(34,39(30,38)58-33(8,56-24)57-38)25(52-17(4)41)28(46)54-22(34)19-10-11-50-12-19/h10-12,15,20-25,29-30,43,47-48H,13-14H2,1-9H3. The van der Waals surface area contributed by atoms with E-state index in [-0.39, 0.29) is 12.0 Å². The van der Waals surface area contributed by atoms with Crippen molar-refractivity contribution in [1.82, 2.24) is 0 Å². The first-order valence-corrected chi connectivity index (χ1v) is 19.2. The van der Waals surface area contributed by atoms with E-state index >= 15 is 0 Å². The summed E-state index contributed by atoms with van der Waals surface area (Å²) >= 11 is 0. The average Bonchev–Trinajstić information content (AvgIpc) is 3.49. The first kappa shape index (κ1) is 39.3. The van der Waals surface area contributed by atoms with E-state index in [1.54, 1.807) is 0 Å².